The zero-order valence-electron chi connectivity index (χ0n) is 19.2. The summed E-state index contributed by atoms with van der Waals surface area (Å²) in [6.07, 6.45) is 0.511. The molecule has 0 unspecified atom stereocenters. The molecule has 5 rings (SSSR count). The number of nitrogens with one attached hydrogen (secondary N) is 1. The minimum absolute atomic E-state index is 0.102. The smallest absolute Gasteiger partial charge is 0.475 e. The van der Waals surface area contributed by atoms with Gasteiger partial charge in [-0.25, -0.2) is 27.6 Å². The summed E-state index contributed by atoms with van der Waals surface area (Å²) < 4.78 is 72.1. The Balaban J connectivity index is 0.000000405. The summed E-state index contributed by atoms with van der Waals surface area (Å²) in [5, 5.41) is 10.6. The van der Waals surface area contributed by atoms with Crippen LogP contribution >= 0.6 is 0 Å². The average Bonchev–Trinajstić information content (AvgIpc) is 3.68. The number of anilines is 2. The summed E-state index contributed by atoms with van der Waals surface area (Å²) in [5.74, 6) is -1.77. The molecule has 1 saturated carbocycles. The molecule has 198 valence electrons. The van der Waals surface area contributed by atoms with Crippen LogP contribution in [0.5, 0.6) is 0 Å². The van der Waals surface area contributed by atoms with E-state index >= 15 is 0 Å². The van der Waals surface area contributed by atoms with E-state index in [1.165, 1.54) is 16.4 Å². The Kier molecular flexibility index (Phi) is 7.45. The molecular formula is C22H22F4N6O4S. The number of hydrogen-bond acceptors (Lipinski definition) is 8. The minimum Gasteiger partial charge on any atom is -0.475 e. The number of aromatic nitrogens is 3. The molecule has 0 spiro atoms. The highest BCUT2D eigenvalue weighted by Crippen LogP contribution is 2.31. The number of hydrogen-bond donors (Lipinski definition) is 2. The largest absolute Gasteiger partial charge is 0.490 e. The van der Waals surface area contributed by atoms with Gasteiger partial charge in [-0.15, -0.1) is 0 Å². The predicted octanol–water partition coefficient (Wildman–Crippen LogP) is 2.88. The number of benzene rings is 1. The molecule has 1 saturated heterocycles. The molecule has 2 fully saturated rings. The van der Waals surface area contributed by atoms with Crippen LogP contribution in [0.2, 0.25) is 0 Å². The summed E-state index contributed by atoms with van der Waals surface area (Å²) in [4.78, 5) is 24.7. The summed E-state index contributed by atoms with van der Waals surface area (Å²) in [6.45, 7) is 1.60. The first-order chi connectivity index (χ1) is 17.4. The molecule has 2 N–H and O–H groups in total. The van der Waals surface area contributed by atoms with Crippen molar-refractivity contribution in [2.45, 2.75) is 30.0 Å². The van der Waals surface area contributed by atoms with Gasteiger partial charge in [-0.2, -0.15) is 17.5 Å². The number of carboxylic acids is 1. The van der Waals surface area contributed by atoms with Crippen molar-refractivity contribution in [2.75, 3.05) is 36.4 Å². The van der Waals surface area contributed by atoms with Gasteiger partial charge in [-0.05, 0) is 43.2 Å². The van der Waals surface area contributed by atoms with Gasteiger partial charge in [-0.3, -0.25) is 4.98 Å². The molecule has 10 nitrogen and oxygen atoms in total. The third-order valence-electron chi connectivity index (χ3n) is 5.60. The molecule has 3 heterocycles. The lowest BCUT2D eigenvalue weighted by Gasteiger charge is -2.35. The van der Waals surface area contributed by atoms with E-state index < -0.39 is 28.0 Å². The fourth-order valence-corrected chi connectivity index (χ4v) is 4.95. The predicted molar refractivity (Wildman–Crippen MR) is 125 cm³/mol. The molecule has 2 aromatic heterocycles. The van der Waals surface area contributed by atoms with Gasteiger partial charge in [-0.1, -0.05) is 0 Å². The Labute approximate surface area is 209 Å². The summed E-state index contributed by atoms with van der Waals surface area (Å²) in [7, 11) is -3.66. The van der Waals surface area contributed by atoms with Crippen LogP contribution in [0, 0.1) is 5.82 Å². The second-order valence-corrected chi connectivity index (χ2v) is 10.3. The van der Waals surface area contributed by atoms with Crippen LogP contribution < -0.4 is 10.2 Å². The topological polar surface area (TPSA) is 129 Å². The van der Waals surface area contributed by atoms with Crippen LogP contribution in [0.15, 0.2) is 47.6 Å². The fraction of sp³-hybridized carbons (Fsp3) is 0.364. The van der Waals surface area contributed by atoms with Crippen molar-refractivity contribution in [3.05, 3.63) is 48.5 Å². The van der Waals surface area contributed by atoms with Crippen molar-refractivity contribution < 1.29 is 35.9 Å². The number of fused-ring (bicyclic) bond motifs is 1. The number of nitrogens with zero attached hydrogens (tertiary/aromatic N) is 5. The van der Waals surface area contributed by atoms with Gasteiger partial charge in [0.15, 0.2) is 11.6 Å². The third-order valence-corrected chi connectivity index (χ3v) is 7.51. The maximum Gasteiger partial charge on any atom is 0.490 e. The molecule has 1 aliphatic heterocycles. The van der Waals surface area contributed by atoms with Crippen LogP contribution in [0.1, 0.15) is 12.8 Å². The van der Waals surface area contributed by atoms with Gasteiger partial charge in [0.1, 0.15) is 11.3 Å². The van der Waals surface area contributed by atoms with Crippen molar-refractivity contribution in [2.24, 2.45) is 0 Å². The number of sulfonamides is 1. The number of aliphatic carboxylic acids is 1. The second-order valence-electron chi connectivity index (χ2n) is 8.33. The number of piperazine rings is 1. The lowest BCUT2D eigenvalue weighted by atomic mass is 10.3. The second kappa shape index (κ2) is 10.4. The quantitative estimate of drug-likeness (QED) is 0.468. The average molecular weight is 543 g/mol. The van der Waals surface area contributed by atoms with Crippen molar-refractivity contribution in [1.29, 1.82) is 0 Å². The number of pyridine rings is 1. The normalized spacial score (nSPS) is 16.7. The molecule has 15 heteroatoms. The van der Waals surface area contributed by atoms with Crippen molar-refractivity contribution in [3.8, 4) is 0 Å². The Hall–Kier alpha value is -3.59. The maximum atomic E-state index is 13.2. The Bertz CT molecular complexity index is 1380. The fourth-order valence-electron chi connectivity index (χ4n) is 3.53. The molecule has 0 radical (unpaired) electrons. The van der Waals surface area contributed by atoms with Crippen LogP contribution in [0.25, 0.3) is 11.0 Å². The van der Waals surface area contributed by atoms with E-state index in [2.05, 4.69) is 15.2 Å². The van der Waals surface area contributed by atoms with E-state index in [4.69, 9.17) is 19.9 Å². The highest BCUT2D eigenvalue weighted by Gasteiger charge is 2.38. The van der Waals surface area contributed by atoms with Gasteiger partial charge in [0.05, 0.1) is 16.6 Å². The maximum absolute atomic E-state index is 13.2. The standard InChI is InChI=1S/C20H21FN6O2S.C2HF3O2/c21-14-1-5-16(6-2-14)30(28,29)27-11-9-26(10-12-27)20-19(23-15-3-4-15)24-17-7-8-22-13-18(17)25-20;3-2(4,5)1(6)7/h1-2,5-8,13,15H,3-4,9-12H2,(H,23,24);(H,6,7). The Morgan fingerprint density at radius 2 is 1.62 bits per heavy atom. The first-order valence-electron chi connectivity index (χ1n) is 11.1. The first-order valence-corrected chi connectivity index (χ1v) is 12.6. The van der Waals surface area contributed by atoms with Crippen molar-refractivity contribution in [3.63, 3.8) is 0 Å². The molecule has 0 atom stereocenters. The molecule has 2 aliphatic rings. The Morgan fingerprint density at radius 1 is 1.00 bits per heavy atom. The van der Waals surface area contributed by atoms with Crippen molar-refractivity contribution >= 4 is 38.7 Å². The van der Waals surface area contributed by atoms with Crippen LogP contribution in [-0.4, -0.2) is 77.1 Å². The van der Waals surface area contributed by atoms with Gasteiger partial charge in [0.25, 0.3) is 0 Å². The molecule has 0 bridgehead atoms. The lowest BCUT2D eigenvalue weighted by molar-refractivity contribution is -0.192. The lowest BCUT2D eigenvalue weighted by Crippen LogP contribution is -2.49. The Morgan fingerprint density at radius 3 is 2.19 bits per heavy atom. The SMILES string of the molecule is O=C(O)C(F)(F)F.O=S(=O)(c1ccc(F)cc1)N1CCN(c2nc3cnccc3nc2NC2CC2)CC1. The third kappa shape index (κ3) is 6.40. The molecule has 37 heavy (non-hydrogen) atoms. The van der Waals surface area contributed by atoms with E-state index in [1.807, 2.05) is 6.07 Å². The molecule has 0 amide bonds. The molecular weight excluding hydrogens is 520 g/mol. The van der Waals surface area contributed by atoms with Crippen LogP contribution in [0.4, 0.5) is 29.2 Å². The van der Waals surface area contributed by atoms with Gasteiger partial charge >= 0.3 is 12.1 Å². The summed E-state index contributed by atoms with van der Waals surface area (Å²) in [5.41, 5.74) is 1.48. The highest BCUT2D eigenvalue weighted by molar-refractivity contribution is 7.89. The summed E-state index contributed by atoms with van der Waals surface area (Å²) >= 11 is 0. The van der Waals surface area contributed by atoms with E-state index in [0.717, 1.165) is 42.1 Å². The first kappa shape index (κ1) is 26.5. The van der Waals surface area contributed by atoms with Crippen LogP contribution in [0.3, 0.4) is 0 Å². The van der Waals surface area contributed by atoms with Crippen molar-refractivity contribution in [1.82, 2.24) is 19.3 Å². The summed E-state index contributed by atoms with van der Waals surface area (Å²) in [6, 6.07) is 7.18. The minimum atomic E-state index is -5.08. The van der Waals surface area contributed by atoms with Gasteiger partial charge in [0, 0.05) is 38.4 Å². The van der Waals surface area contributed by atoms with E-state index in [0.29, 0.717) is 37.7 Å². The molecule has 1 aliphatic carbocycles. The zero-order chi connectivity index (χ0) is 26.8. The number of rotatable bonds is 5. The zero-order valence-corrected chi connectivity index (χ0v) is 20.0. The number of carboxylic acid groups (broad SMARTS) is 1. The number of alkyl halides is 3. The van der Waals surface area contributed by atoms with Gasteiger partial charge in [0.2, 0.25) is 10.0 Å². The monoisotopic (exact) mass is 542 g/mol. The number of carbonyl (C=O) groups is 1. The highest BCUT2D eigenvalue weighted by atomic mass is 32.2. The van der Waals surface area contributed by atoms with E-state index in [9.17, 15) is 26.0 Å². The molecule has 3 aromatic rings. The van der Waals surface area contributed by atoms with Crippen LogP contribution in [-0.2, 0) is 14.8 Å². The van der Waals surface area contributed by atoms with E-state index in [-0.39, 0.29) is 4.90 Å². The molecule has 1 aromatic carbocycles. The number of halogens is 4. The van der Waals surface area contributed by atoms with Gasteiger partial charge < -0.3 is 15.3 Å². The van der Waals surface area contributed by atoms with E-state index in [1.54, 1.807) is 12.4 Å².